The second kappa shape index (κ2) is 5.01. The summed E-state index contributed by atoms with van der Waals surface area (Å²) in [6, 6.07) is 0.704. The van der Waals surface area contributed by atoms with Gasteiger partial charge in [0.2, 0.25) is 0 Å². The van der Waals surface area contributed by atoms with Gasteiger partial charge in [-0.25, -0.2) is 0 Å². The van der Waals surface area contributed by atoms with Gasteiger partial charge in [-0.05, 0) is 34.6 Å². The maximum atomic E-state index is 5.81. The molecule has 0 radical (unpaired) electrons. The Labute approximate surface area is 75.7 Å². The number of hydrogen-bond acceptors (Lipinski definition) is 1. The zero-order valence-electron chi connectivity index (χ0n) is 8.83. The van der Waals surface area contributed by atoms with Crippen LogP contribution in [0.3, 0.4) is 0 Å². The first kappa shape index (κ1) is 11.3. The Morgan fingerprint density at radius 1 is 1.33 bits per heavy atom. The number of rotatable bonds is 3. The molecular formula is C9H21N3. The molecule has 0 aliphatic carbocycles. The Hall–Kier alpha value is -0.730. The van der Waals surface area contributed by atoms with E-state index in [1.54, 1.807) is 0 Å². The van der Waals surface area contributed by atoms with Crippen molar-refractivity contribution in [1.29, 1.82) is 0 Å². The summed E-state index contributed by atoms with van der Waals surface area (Å²) in [5.74, 6) is 0.655. The lowest BCUT2D eigenvalue weighted by atomic mass is 10.3. The molecule has 0 aliphatic rings. The van der Waals surface area contributed by atoms with Crippen molar-refractivity contribution in [2.75, 3.05) is 6.54 Å². The molecule has 0 aromatic rings. The Morgan fingerprint density at radius 3 is 2.08 bits per heavy atom. The van der Waals surface area contributed by atoms with Crippen molar-refractivity contribution in [2.45, 2.75) is 46.7 Å². The molecule has 0 aromatic carbocycles. The molecule has 12 heavy (non-hydrogen) atoms. The van der Waals surface area contributed by atoms with Crippen LogP contribution >= 0.6 is 0 Å². The minimum absolute atomic E-state index is 0.276. The highest BCUT2D eigenvalue weighted by atomic mass is 15.3. The standard InChI is InChI=1S/C9H21N3/c1-6-12(8(4)5)9(10)11-7(2)3/h7-8H,6H2,1-5H3,(H2,10,11). The third-order valence-electron chi connectivity index (χ3n) is 1.65. The molecule has 0 saturated carbocycles. The van der Waals surface area contributed by atoms with Crippen LogP contribution in [0.4, 0.5) is 0 Å². The van der Waals surface area contributed by atoms with Gasteiger partial charge in [0.1, 0.15) is 0 Å². The van der Waals surface area contributed by atoms with Crippen molar-refractivity contribution in [3.05, 3.63) is 0 Å². The number of nitrogens with two attached hydrogens (primary N) is 1. The maximum Gasteiger partial charge on any atom is 0.191 e. The van der Waals surface area contributed by atoms with Gasteiger partial charge in [0.15, 0.2) is 5.96 Å². The van der Waals surface area contributed by atoms with Gasteiger partial charge in [0.25, 0.3) is 0 Å². The van der Waals surface area contributed by atoms with Crippen molar-refractivity contribution in [2.24, 2.45) is 10.7 Å². The molecular weight excluding hydrogens is 150 g/mol. The number of hydrogen-bond donors (Lipinski definition) is 1. The predicted molar refractivity (Wildman–Crippen MR) is 54.3 cm³/mol. The quantitative estimate of drug-likeness (QED) is 0.515. The Kier molecular flexibility index (Phi) is 4.71. The summed E-state index contributed by atoms with van der Waals surface area (Å²) in [7, 11) is 0. The molecule has 0 rings (SSSR count). The van der Waals surface area contributed by atoms with Gasteiger partial charge < -0.3 is 10.6 Å². The fourth-order valence-electron chi connectivity index (χ4n) is 1.13. The van der Waals surface area contributed by atoms with E-state index in [-0.39, 0.29) is 6.04 Å². The first-order valence-electron chi connectivity index (χ1n) is 4.59. The third kappa shape index (κ3) is 3.60. The molecule has 0 aromatic heterocycles. The monoisotopic (exact) mass is 171 g/mol. The second-order valence-corrected chi connectivity index (χ2v) is 3.46. The molecule has 3 heteroatoms. The van der Waals surface area contributed by atoms with Crippen molar-refractivity contribution in [3.63, 3.8) is 0 Å². The molecule has 2 N–H and O–H groups in total. The normalized spacial score (nSPS) is 12.8. The molecule has 0 fully saturated rings. The van der Waals surface area contributed by atoms with Crippen LogP contribution in [0.25, 0.3) is 0 Å². The summed E-state index contributed by atoms with van der Waals surface area (Å²) in [5.41, 5.74) is 5.81. The zero-order chi connectivity index (χ0) is 9.72. The van der Waals surface area contributed by atoms with E-state index < -0.39 is 0 Å². The zero-order valence-corrected chi connectivity index (χ0v) is 8.83. The summed E-state index contributed by atoms with van der Waals surface area (Å²) >= 11 is 0. The van der Waals surface area contributed by atoms with E-state index in [2.05, 4.69) is 30.7 Å². The fourth-order valence-corrected chi connectivity index (χ4v) is 1.13. The van der Waals surface area contributed by atoms with Crippen molar-refractivity contribution < 1.29 is 0 Å². The van der Waals surface area contributed by atoms with Gasteiger partial charge in [-0.15, -0.1) is 0 Å². The summed E-state index contributed by atoms with van der Waals surface area (Å²) in [6.07, 6.45) is 0. The van der Waals surface area contributed by atoms with Crippen LogP contribution in [0.1, 0.15) is 34.6 Å². The van der Waals surface area contributed by atoms with Gasteiger partial charge >= 0.3 is 0 Å². The minimum atomic E-state index is 0.276. The number of aliphatic imine (C=N–C) groups is 1. The molecule has 0 spiro atoms. The van der Waals surface area contributed by atoms with Crippen LogP contribution in [0.15, 0.2) is 4.99 Å². The molecule has 3 nitrogen and oxygen atoms in total. The van der Waals surface area contributed by atoms with Crippen LogP contribution in [0.2, 0.25) is 0 Å². The topological polar surface area (TPSA) is 41.6 Å². The molecule has 72 valence electrons. The van der Waals surface area contributed by atoms with Gasteiger partial charge in [0.05, 0.1) is 0 Å². The van der Waals surface area contributed by atoms with Crippen molar-refractivity contribution >= 4 is 5.96 Å². The lowest BCUT2D eigenvalue weighted by molar-refractivity contribution is 0.360. The van der Waals surface area contributed by atoms with E-state index in [9.17, 15) is 0 Å². The SMILES string of the molecule is CCN(C(N)=NC(C)C)C(C)C. The largest absolute Gasteiger partial charge is 0.370 e. The van der Waals surface area contributed by atoms with E-state index >= 15 is 0 Å². The first-order valence-corrected chi connectivity index (χ1v) is 4.59. The number of nitrogens with zero attached hydrogens (tertiary/aromatic N) is 2. The van der Waals surface area contributed by atoms with Crippen LogP contribution < -0.4 is 5.73 Å². The van der Waals surface area contributed by atoms with E-state index in [0.717, 1.165) is 6.54 Å². The Morgan fingerprint density at radius 2 is 1.83 bits per heavy atom. The van der Waals surface area contributed by atoms with Crippen LogP contribution in [0, 0.1) is 0 Å². The van der Waals surface area contributed by atoms with Crippen molar-refractivity contribution in [1.82, 2.24) is 4.90 Å². The van der Waals surface area contributed by atoms with Crippen molar-refractivity contribution in [3.8, 4) is 0 Å². The summed E-state index contributed by atoms with van der Waals surface area (Å²) in [5, 5.41) is 0. The van der Waals surface area contributed by atoms with Gasteiger partial charge in [0, 0.05) is 18.6 Å². The predicted octanol–water partition coefficient (Wildman–Crippen LogP) is 1.44. The third-order valence-corrected chi connectivity index (χ3v) is 1.65. The van der Waals surface area contributed by atoms with E-state index in [1.165, 1.54) is 0 Å². The average molecular weight is 171 g/mol. The highest BCUT2D eigenvalue weighted by molar-refractivity contribution is 5.78. The highest BCUT2D eigenvalue weighted by Gasteiger charge is 2.08. The van der Waals surface area contributed by atoms with E-state index in [0.29, 0.717) is 12.0 Å². The average Bonchev–Trinajstić information content (AvgIpc) is 1.85. The molecule has 0 aliphatic heterocycles. The molecule has 0 unspecified atom stereocenters. The first-order chi connectivity index (χ1) is 5.49. The molecule has 0 bridgehead atoms. The van der Waals surface area contributed by atoms with E-state index in [4.69, 9.17) is 5.73 Å². The Bertz CT molecular complexity index is 150. The van der Waals surface area contributed by atoms with Crippen LogP contribution in [0.5, 0.6) is 0 Å². The summed E-state index contributed by atoms with van der Waals surface area (Å²) < 4.78 is 0. The smallest absolute Gasteiger partial charge is 0.191 e. The molecule has 0 heterocycles. The number of guanidine groups is 1. The Balaban J connectivity index is 4.30. The lowest BCUT2D eigenvalue weighted by Crippen LogP contribution is -2.42. The lowest BCUT2D eigenvalue weighted by Gasteiger charge is -2.26. The van der Waals surface area contributed by atoms with Gasteiger partial charge in [-0.2, -0.15) is 0 Å². The minimum Gasteiger partial charge on any atom is -0.370 e. The van der Waals surface area contributed by atoms with Crippen LogP contribution in [-0.4, -0.2) is 29.5 Å². The van der Waals surface area contributed by atoms with E-state index in [1.807, 2.05) is 13.8 Å². The van der Waals surface area contributed by atoms with Gasteiger partial charge in [-0.3, -0.25) is 4.99 Å². The van der Waals surface area contributed by atoms with Crippen LogP contribution in [-0.2, 0) is 0 Å². The molecule has 0 saturated heterocycles. The molecule has 0 atom stereocenters. The van der Waals surface area contributed by atoms with Gasteiger partial charge in [-0.1, -0.05) is 0 Å². The maximum absolute atomic E-state index is 5.81. The fraction of sp³-hybridized carbons (Fsp3) is 0.889. The molecule has 0 amide bonds. The summed E-state index contributed by atoms with van der Waals surface area (Å²) in [4.78, 5) is 6.37. The second-order valence-electron chi connectivity index (χ2n) is 3.46. The summed E-state index contributed by atoms with van der Waals surface area (Å²) in [6.45, 7) is 11.3. The highest BCUT2D eigenvalue weighted by Crippen LogP contribution is 1.98.